The number of nitrogens with one attached hydrogen (secondary N) is 1. The molecule has 162 valence electrons. The van der Waals surface area contributed by atoms with Crippen LogP contribution in [0.2, 0.25) is 0 Å². The summed E-state index contributed by atoms with van der Waals surface area (Å²) in [4.78, 5) is 18.2. The summed E-state index contributed by atoms with van der Waals surface area (Å²) in [5.41, 5.74) is 4.98. The predicted octanol–water partition coefficient (Wildman–Crippen LogP) is 3.81. The van der Waals surface area contributed by atoms with Gasteiger partial charge in [-0.3, -0.25) is 9.69 Å². The summed E-state index contributed by atoms with van der Waals surface area (Å²) >= 11 is 0. The highest BCUT2D eigenvalue weighted by Crippen LogP contribution is 2.22. The summed E-state index contributed by atoms with van der Waals surface area (Å²) in [6, 6.07) is 22.5. The number of aromatic nitrogens is 1. The van der Waals surface area contributed by atoms with Crippen LogP contribution in [0.4, 0.5) is 0 Å². The molecular weight excluding hydrogens is 384 g/mol. The van der Waals surface area contributed by atoms with Crippen LogP contribution < -0.4 is 5.32 Å². The molecule has 31 heavy (non-hydrogen) atoms. The zero-order valence-electron chi connectivity index (χ0n) is 18.7. The van der Waals surface area contributed by atoms with E-state index in [2.05, 4.69) is 57.9 Å². The lowest BCUT2D eigenvalue weighted by molar-refractivity contribution is 0.0906. The summed E-state index contributed by atoms with van der Waals surface area (Å²) in [5.74, 6) is -0.0155. The fourth-order valence-electron chi connectivity index (χ4n) is 4.41. The smallest absolute Gasteiger partial charge is 0.253 e. The maximum Gasteiger partial charge on any atom is 0.253 e. The molecule has 1 aromatic heterocycles. The van der Waals surface area contributed by atoms with Crippen molar-refractivity contribution in [2.45, 2.75) is 19.9 Å². The van der Waals surface area contributed by atoms with Crippen molar-refractivity contribution in [2.75, 3.05) is 39.8 Å². The lowest BCUT2D eigenvalue weighted by atomic mass is 10.0. The van der Waals surface area contributed by atoms with Crippen LogP contribution in [0.3, 0.4) is 0 Å². The minimum Gasteiger partial charge on any atom is -0.344 e. The minimum atomic E-state index is -0.0445. The normalized spacial score (nSPS) is 16.2. The summed E-state index contributed by atoms with van der Waals surface area (Å²) < 4.78 is 2.15. The van der Waals surface area contributed by atoms with Crippen molar-refractivity contribution >= 4 is 5.91 Å². The molecule has 1 N–H and O–H groups in total. The third kappa shape index (κ3) is 4.89. The Labute approximate surface area is 185 Å². The number of piperazine rings is 1. The van der Waals surface area contributed by atoms with Gasteiger partial charge in [0.25, 0.3) is 5.91 Å². The molecule has 2 heterocycles. The van der Waals surface area contributed by atoms with Gasteiger partial charge in [-0.1, -0.05) is 48.5 Å². The molecule has 0 saturated carbocycles. The minimum absolute atomic E-state index is 0.0155. The van der Waals surface area contributed by atoms with Crippen molar-refractivity contribution < 1.29 is 4.79 Å². The van der Waals surface area contributed by atoms with Crippen LogP contribution in [0.25, 0.3) is 5.69 Å². The lowest BCUT2D eigenvalue weighted by Crippen LogP contribution is -2.47. The van der Waals surface area contributed by atoms with Gasteiger partial charge in [-0.05, 0) is 44.7 Å². The van der Waals surface area contributed by atoms with E-state index in [-0.39, 0.29) is 11.9 Å². The van der Waals surface area contributed by atoms with Crippen molar-refractivity contribution in [3.63, 3.8) is 0 Å². The summed E-state index contributed by atoms with van der Waals surface area (Å²) in [7, 11) is 2.16. The quantitative estimate of drug-likeness (QED) is 0.664. The highest BCUT2D eigenvalue weighted by atomic mass is 16.1. The number of para-hydroxylation sites is 1. The lowest BCUT2D eigenvalue weighted by Gasteiger charge is -2.35. The Morgan fingerprint density at radius 1 is 0.935 bits per heavy atom. The van der Waals surface area contributed by atoms with E-state index in [0.29, 0.717) is 0 Å². The molecule has 1 aliphatic rings. The van der Waals surface area contributed by atoms with Gasteiger partial charge in [0, 0.05) is 49.8 Å². The Balaban J connectivity index is 1.56. The fourth-order valence-corrected chi connectivity index (χ4v) is 4.41. The van der Waals surface area contributed by atoms with Crippen molar-refractivity contribution in [3.05, 3.63) is 89.2 Å². The molecule has 4 rings (SSSR count). The molecule has 1 fully saturated rings. The first-order chi connectivity index (χ1) is 15.0. The van der Waals surface area contributed by atoms with E-state index in [1.54, 1.807) is 0 Å². The number of rotatable bonds is 6. The van der Waals surface area contributed by atoms with E-state index >= 15 is 0 Å². The van der Waals surface area contributed by atoms with Crippen LogP contribution >= 0.6 is 0 Å². The van der Waals surface area contributed by atoms with Crippen LogP contribution in [0, 0.1) is 13.8 Å². The molecule has 0 radical (unpaired) electrons. The average Bonchev–Trinajstić information content (AvgIpc) is 3.10. The number of carbonyl (C=O) groups is 1. The molecule has 1 aliphatic heterocycles. The van der Waals surface area contributed by atoms with Crippen molar-refractivity contribution in [1.29, 1.82) is 0 Å². The predicted molar refractivity (Wildman–Crippen MR) is 126 cm³/mol. The number of nitrogens with zero attached hydrogens (tertiary/aromatic N) is 3. The maximum absolute atomic E-state index is 13.4. The van der Waals surface area contributed by atoms with Gasteiger partial charge < -0.3 is 14.8 Å². The summed E-state index contributed by atoms with van der Waals surface area (Å²) in [6.07, 6.45) is 0. The van der Waals surface area contributed by atoms with Gasteiger partial charge in [0.05, 0.1) is 11.6 Å². The number of hydrogen-bond donors (Lipinski definition) is 1. The Kier molecular flexibility index (Phi) is 6.54. The van der Waals surface area contributed by atoms with Gasteiger partial charge in [0.2, 0.25) is 0 Å². The molecular formula is C26H32N4O. The zero-order valence-corrected chi connectivity index (χ0v) is 18.7. The largest absolute Gasteiger partial charge is 0.344 e. The van der Waals surface area contributed by atoms with E-state index in [0.717, 1.165) is 60.9 Å². The summed E-state index contributed by atoms with van der Waals surface area (Å²) in [5, 5.41) is 3.33. The van der Waals surface area contributed by atoms with Gasteiger partial charge in [0.15, 0.2) is 0 Å². The Morgan fingerprint density at radius 3 is 2.19 bits per heavy atom. The second kappa shape index (κ2) is 9.50. The maximum atomic E-state index is 13.4. The topological polar surface area (TPSA) is 40.5 Å². The molecule has 0 aliphatic carbocycles. The number of aryl methyl sites for hydroxylation is 1. The van der Waals surface area contributed by atoms with Crippen LogP contribution in [-0.4, -0.2) is 60.0 Å². The fraction of sp³-hybridized carbons (Fsp3) is 0.346. The van der Waals surface area contributed by atoms with Crippen molar-refractivity contribution in [1.82, 2.24) is 19.7 Å². The Bertz CT molecular complexity index is 1000. The molecule has 0 spiro atoms. The number of benzene rings is 2. The molecule has 2 aromatic carbocycles. The molecule has 1 saturated heterocycles. The van der Waals surface area contributed by atoms with Crippen LogP contribution in [0.5, 0.6) is 0 Å². The van der Waals surface area contributed by atoms with Crippen LogP contribution in [-0.2, 0) is 0 Å². The summed E-state index contributed by atoms with van der Waals surface area (Å²) in [6.45, 7) is 9.07. The number of hydrogen-bond acceptors (Lipinski definition) is 3. The first-order valence-corrected chi connectivity index (χ1v) is 11.0. The molecule has 5 heteroatoms. The van der Waals surface area contributed by atoms with E-state index < -0.39 is 0 Å². The Hall–Kier alpha value is -2.89. The highest BCUT2D eigenvalue weighted by Gasteiger charge is 2.24. The number of amides is 1. The zero-order chi connectivity index (χ0) is 21.8. The van der Waals surface area contributed by atoms with Crippen LogP contribution in [0.15, 0.2) is 66.7 Å². The second-order valence-electron chi connectivity index (χ2n) is 8.50. The standard InChI is InChI=1S/C26H32N4O/c1-20-18-24(21(2)30(20)23-12-8-5-9-13-23)26(31)27-25(22-10-6-4-7-11-22)19-29-16-14-28(3)15-17-29/h4-13,18,25H,14-17,19H2,1-3H3,(H,27,31). The SMILES string of the molecule is Cc1cc(C(=O)NC(CN2CCN(C)CC2)c2ccccc2)c(C)n1-c1ccccc1. The molecule has 0 bridgehead atoms. The first kappa shape index (κ1) is 21.3. The van der Waals surface area contributed by atoms with Gasteiger partial charge >= 0.3 is 0 Å². The van der Waals surface area contributed by atoms with E-state index in [1.807, 2.05) is 49.4 Å². The van der Waals surface area contributed by atoms with E-state index in [9.17, 15) is 4.79 Å². The second-order valence-corrected chi connectivity index (χ2v) is 8.50. The first-order valence-electron chi connectivity index (χ1n) is 11.0. The van der Waals surface area contributed by atoms with Gasteiger partial charge in [0.1, 0.15) is 0 Å². The third-order valence-electron chi connectivity index (χ3n) is 6.23. The molecule has 5 nitrogen and oxygen atoms in total. The number of likely N-dealkylation sites (N-methyl/N-ethyl adjacent to an activating group) is 1. The third-order valence-corrected chi connectivity index (χ3v) is 6.23. The van der Waals surface area contributed by atoms with Crippen molar-refractivity contribution in [2.24, 2.45) is 0 Å². The monoisotopic (exact) mass is 416 g/mol. The van der Waals surface area contributed by atoms with E-state index in [1.165, 1.54) is 0 Å². The van der Waals surface area contributed by atoms with Gasteiger partial charge in [-0.15, -0.1) is 0 Å². The van der Waals surface area contributed by atoms with Gasteiger partial charge in [-0.25, -0.2) is 0 Å². The van der Waals surface area contributed by atoms with Gasteiger partial charge in [-0.2, -0.15) is 0 Å². The van der Waals surface area contributed by atoms with Crippen molar-refractivity contribution in [3.8, 4) is 5.69 Å². The molecule has 1 unspecified atom stereocenters. The molecule has 3 aromatic rings. The average molecular weight is 417 g/mol. The molecule has 1 atom stereocenters. The Morgan fingerprint density at radius 2 is 1.55 bits per heavy atom. The van der Waals surface area contributed by atoms with E-state index in [4.69, 9.17) is 0 Å². The highest BCUT2D eigenvalue weighted by molar-refractivity contribution is 5.96. The van der Waals surface area contributed by atoms with Crippen LogP contribution in [0.1, 0.15) is 33.4 Å². The molecule has 1 amide bonds. The number of carbonyl (C=O) groups excluding carboxylic acids is 1.